The molecule has 0 aromatic heterocycles. The van der Waals surface area contributed by atoms with Crippen LogP contribution < -0.4 is 5.32 Å². The summed E-state index contributed by atoms with van der Waals surface area (Å²) >= 11 is 0. The van der Waals surface area contributed by atoms with Crippen molar-refractivity contribution < 1.29 is 9.90 Å². The van der Waals surface area contributed by atoms with E-state index in [2.05, 4.69) is 19.2 Å². The standard InChI is InChI=1S/C9H19NO2/c1-7(2)8(10-3)5-4-6-9(11)12/h7-8,10H,4-6H2,1-3H3,(H,11,12). The molecule has 0 aliphatic carbocycles. The molecule has 0 aromatic rings. The summed E-state index contributed by atoms with van der Waals surface area (Å²) in [7, 11) is 1.92. The van der Waals surface area contributed by atoms with Gasteiger partial charge in [0.05, 0.1) is 0 Å². The van der Waals surface area contributed by atoms with E-state index >= 15 is 0 Å². The average Bonchev–Trinajstić information content (AvgIpc) is 1.96. The van der Waals surface area contributed by atoms with Gasteiger partial charge in [0.1, 0.15) is 0 Å². The molecular weight excluding hydrogens is 154 g/mol. The lowest BCUT2D eigenvalue weighted by Gasteiger charge is -2.19. The molecule has 0 amide bonds. The fourth-order valence-corrected chi connectivity index (χ4v) is 1.28. The summed E-state index contributed by atoms with van der Waals surface area (Å²) in [4.78, 5) is 10.2. The van der Waals surface area contributed by atoms with Crippen LogP contribution in [0.5, 0.6) is 0 Å². The highest BCUT2D eigenvalue weighted by Crippen LogP contribution is 2.09. The SMILES string of the molecule is CNC(CCCC(=O)O)C(C)C. The molecule has 2 N–H and O–H groups in total. The Morgan fingerprint density at radius 2 is 2.08 bits per heavy atom. The molecule has 0 aliphatic rings. The van der Waals surface area contributed by atoms with Crippen LogP contribution in [0.4, 0.5) is 0 Å². The molecule has 1 unspecified atom stereocenters. The zero-order chi connectivity index (χ0) is 9.56. The summed E-state index contributed by atoms with van der Waals surface area (Å²) in [6.07, 6.45) is 1.99. The van der Waals surface area contributed by atoms with E-state index < -0.39 is 5.97 Å². The smallest absolute Gasteiger partial charge is 0.303 e. The molecule has 0 saturated carbocycles. The Labute approximate surface area is 74.2 Å². The van der Waals surface area contributed by atoms with Crippen LogP contribution in [0.2, 0.25) is 0 Å². The van der Waals surface area contributed by atoms with Gasteiger partial charge in [-0.2, -0.15) is 0 Å². The average molecular weight is 173 g/mol. The van der Waals surface area contributed by atoms with Gasteiger partial charge in [0, 0.05) is 12.5 Å². The topological polar surface area (TPSA) is 49.3 Å². The van der Waals surface area contributed by atoms with E-state index in [1.165, 1.54) is 0 Å². The second kappa shape index (κ2) is 6.00. The molecule has 3 heteroatoms. The number of rotatable bonds is 6. The quantitative estimate of drug-likeness (QED) is 0.639. The maximum Gasteiger partial charge on any atom is 0.303 e. The van der Waals surface area contributed by atoms with Gasteiger partial charge in [0.2, 0.25) is 0 Å². The van der Waals surface area contributed by atoms with Crippen molar-refractivity contribution in [3.63, 3.8) is 0 Å². The molecule has 0 aromatic carbocycles. The number of aliphatic carboxylic acids is 1. The van der Waals surface area contributed by atoms with E-state index in [0.29, 0.717) is 12.0 Å². The predicted octanol–water partition coefficient (Wildman–Crippen LogP) is 1.49. The third kappa shape index (κ3) is 5.13. The molecule has 1 atom stereocenters. The van der Waals surface area contributed by atoms with Gasteiger partial charge >= 0.3 is 5.97 Å². The van der Waals surface area contributed by atoms with Gasteiger partial charge in [-0.05, 0) is 25.8 Å². The maximum absolute atomic E-state index is 10.2. The summed E-state index contributed by atoms with van der Waals surface area (Å²) < 4.78 is 0. The minimum absolute atomic E-state index is 0.283. The third-order valence-corrected chi connectivity index (χ3v) is 2.08. The van der Waals surface area contributed by atoms with Crippen molar-refractivity contribution in [3.05, 3.63) is 0 Å². The van der Waals surface area contributed by atoms with Crippen LogP contribution >= 0.6 is 0 Å². The van der Waals surface area contributed by atoms with E-state index in [1.807, 2.05) is 7.05 Å². The Kier molecular flexibility index (Phi) is 5.72. The van der Waals surface area contributed by atoms with Gasteiger partial charge in [0.15, 0.2) is 0 Å². The molecule has 0 heterocycles. The second-order valence-electron chi connectivity index (χ2n) is 3.43. The fourth-order valence-electron chi connectivity index (χ4n) is 1.28. The summed E-state index contributed by atoms with van der Waals surface area (Å²) in [5, 5.41) is 11.6. The molecule has 0 radical (unpaired) electrons. The molecule has 0 saturated heterocycles. The highest BCUT2D eigenvalue weighted by molar-refractivity contribution is 5.66. The van der Waals surface area contributed by atoms with Crippen molar-refractivity contribution >= 4 is 5.97 Å². The van der Waals surface area contributed by atoms with E-state index in [1.54, 1.807) is 0 Å². The van der Waals surface area contributed by atoms with Gasteiger partial charge < -0.3 is 10.4 Å². The number of carbonyl (C=O) groups is 1. The summed E-state index contributed by atoms with van der Waals surface area (Å²) in [6.45, 7) is 4.28. The molecule has 0 aliphatic heterocycles. The fraction of sp³-hybridized carbons (Fsp3) is 0.889. The van der Waals surface area contributed by atoms with Crippen LogP contribution in [0.1, 0.15) is 33.1 Å². The summed E-state index contributed by atoms with van der Waals surface area (Å²) in [5.41, 5.74) is 0. The van der Waals surface area contributed by atoms with Crippen molar-refractivity contribution in [2.24, 2.45) is 5.92 Å². The predicted molar refractivity (Wildman–Crippen MR) is 49.2 cm³/mol. The van der Waals surface area contributed by atoms with Gasteiger partial charge in [-0.1, -0.05) is 13.8 Å². The Morgan fingerprint density at radius 3 is 2.42 bits per heavy atom. The van der Waals surface area contributed by atoms with Gasteiger partial charge in [-0.25, -0.2) is 0 Å². The molecule has 0 bridgehead atoms. The molecule has 3 nitrogen and oxygen atoms in total. The van der Waals surface area contributed by atoms with Crippen molar-refractivity contribution in [2.75, 3.05) is 7.05 Å². The first-order valence-electron chi connectivity index (χ1n) is 4.47. The van der Waals surface area contributed by atoms with Gasteiger partial charge in [0.25, 0.3) is 0 Å². The Hall–Kier alpha value is -0.570. The van der Waals surface area contributed by atoms with Crippen molar-refractivity contribution in [1.29, 1.82) is 0 Å². The lowest BCUT2D eigenvalue weighted by Crippen LogP contribution is -2.30. The lowest BCUT2D eigenvalue weighted by atomic mass is 9.99. The normalized spacial score (nSPS) is 13.3. The minimum Gasteiger partial charge on any atom is -0.481 e. The first kappa shape index (κ1) is 11.4. The first-order valence-corrected chi connectivity index (χ1v) is 4.47. The first-order chi connectivity index (χ1) is 5.57. The van der Waals surface area contributed by atoms with Crippen molar-refractivity contribution in [2.45, 2.75) is 39.2 Å². The molecule has 12 heavy (non-hydrogen) atoms. The number of hydrogen-bond donors (Lipinski definition) is 2. The molecule has 0 fully saturated rings. The molecular formula is C9H19NO2. The minimum atomic E-state index is -0.700. The summed E-state index contributed by atoms with van der Waals surface area (Å²) in [5.74, 6) is -0.127. The Bertz CT molecular complexity index is 134. The van der Waals surface area contributed by atoms with E-state index in [4.69, 9.17) is 5.11 Å². The van der Waals surface area contributed by atoms with Crippen LogP contribution in [0.3, 0.4) is 0 Å². The molecule has 0 spiro atoms. The lowest BCUT2D eigenvalue weighted by molar-refractivity contribution is -0.137. The Morgan fingerprint density at radius 1 is 1.50 bits per heavy atom. The molecule has 72 valence electrons. The maximum atomic E-state index is 10.2. The Balaban J connectivity index is 3.51. The van der Waals surface area contributed by atoms with Crippen molar-refractivity contribution in [3.8, 4) is 0 Å². The summed E-state index contributed by atoms with van der Waals surface area (Å²) in [6, 6.07) is 0.448. The van der Waals surface area contributed by atoms with Crippen LogP contribution in [0.15, 0.2) is 0 Å². The second-order valence-corrected chi connectivity index (χ2v) is 3.43. The van der Waals surface area contributed by atoms with E-state index in [-0.39, 0.29) is 6.42 Å². The zero-order valence-corrected chi connectivity index (χ0v) is 8.13. The highest BCUT2D eigenvalue weighted by atomic mass is 16.4. The largest absolute Gasteiger partial charge is 0.481 e. The van der Waals surface area contributed by atoms with Gasteiger partial charge in [-0.15, -0.1) is 0 Å². The highest BCUT2D eigenvalue weighted by Gasteiger charge is 2.10. The number of carboxylic acids is 1. The number of nitrogens with one attached hydrogen (secondary N) is 1. The van der Waals surface area contributed by atoms with Crippen LogP contribution in [0, 0.1) is 5.92 Å². The van der Waals surface area contributed by atoms with E-state index in [0.717, 1.165) is 12.8 Å². The monoisotopic (exact) mass is 173 g/mol. The van der Waals surface area contributed by atoms with Crippen LogP contribution in [-0.4, -0.2) is 24.2 Å². The third-order valence-electron chi connectivity index (χ3n) is 2.08. The van der Waals surface area contributed by atoms with Crippen LogP contribution in [0.25, 0.3) is 0 Å². The number of hydrogen-bond acceptors (Lipinski definition) is 2. The number of carboxylic acid groups (broad SMARTS) is 1. The van der Waals surface area contributed by atoms with Crippen LogP contribution in [-0.2, 0) is 4.79 Å². The van der Waals surface area contributed by atoms with E-state index in [9.17, 15) is 4.79 Å². The van der Waals surface area contributed by atoms with Crippen molar-refractivity contribution in [1.82, 2.24) is 5.32 Å². The zero-order valence-electron chi connectivity index (χ0n) is 8.13. The van der Waals surface area contributed by atoms with Gasteiger partial charge in [-0.3, -0.25) is 4.79 Å². The molecule has 0 rings (SSSR count).